The predicted octanol–water partition coefficient (Wildman–Crippen LogP) is 3.47. The van der Waals surface area contributed by atoms with Crippen molar-refractivity contribution in [1.82, 2.24) is 14.8 Å². The Balaban J connectivity index is 1.60. The molecule has 1 fully saturated rings. The molecule has 132 valence electrons. The molecule has 0 spiro atoms. The topological polar surface area (TPSA) is 74.1 Å². The van der Waals surface area contributed by atoms with Crippen molar-refractivity contribution in [2.24, 2.45) is 0 Å². The summed E-state index contributed by atoms with van der Waals surface area (Å²) in [6.45, 7) is 2.65. The highest BCUT2D eigenvalue weighted by Crippen LogP contribution is 2.28. The molecular formula is C17H19N3O3S2. The summed E-state index contributed by atoms with van der Waals surface area (Å²) in [4.78, 5) is 4.27. The summed E-state index contributed by atoms with van der Waals surface area (Å²) in [7, 11) is -3.52. The smallest absolute Gasteiger partial charge is 0.211 e. The van der Waals surface area contributed by atoms with Crippen molar-refractivity contribution < 1.29 is 13.2 Å². The van der Waals surface area contributed by atoms with Crippen molar-refractivity contribution in [3.8, 4) is 0 Å². The Morgan fingerprint density at radius 1 is 1.32 bits per heavy atom. The van der Waals surface area contributed by atoms with E-state index in [-0.39, 0.29) is 16.3 Å². The summed E-state index contributed by atoms with van der Waals surface area (Å²) >= 11 is 1.20. The fraction of sp³-hybridized carbons (Fsp3) is 0.412. The van der Waals surface area contributed by atoms with Gasteiger partial charge in [0, 0.05) is 12.3 Å². The van der Waals surface area contributed by atoms with Gasteiger partial charge < -0.3 is 4.74 Å². The number of rotatable bonds is 4. The van der Waals surface area contributed by atoms with E-state index in [1.165, 1.54) is 11.3 Å². The number of nitrogens with zero attached hydrogens (tertiary/aromatic N) is 3. The molecule has 0 saturated carbocycles. The second kappa shape index (κ2) is 6.51. The molecule has 0 radical (unpaired) electrons. The van der Waals surface area contributed by atoms with Gasteiger partial charge in [-0.3, -0.25) is 0 Å². The van der Waals surface area contributed by atoms with Gasteiger partial charge in [-0.2, -0.15) is 5.10 Å². The highest BCUT2D eigenvalue weighted by atomic mass is 32.2. The van der Waals surface area contributed by atoms with Crippen LogP contribution in [0.2, 0.25) is 0 Å². The van der Waals surface area contributed by atoms with Gasteiger partial charge in [0.1, 0.15) is 12.0 Å². The molecule has 1 atom stereocenters. The fourth-order valence-electron chi connectivity index (χ4n) is 3.07. The van der Waals surface area contributed by atoms with Crippen molar-refractivity contribution in [3.63, 3.8) is 0 Å². The average molecular weight is 377 g/mol. The number of hydrogen-bond acceptors (Lipinski definition) is 6. The van der Waals surface area contributed by atoms with Gasteiger partial charge in [0.05, 0.1) is 15.9 Å². The number of aromatic nitrogens is 3. The molecule has 8 heteroatoms. The summed E-state index contributed by atoms with van der Waals surface area (Å²) in [6, 6.07) is 9.26. The Labute approximate surface area is 150 Å². The minimum absolute atomic E-state index is 0.0901. The third-order valence-electron chi connectivity index (χ3n) is 4.28. The number of sulfone groups is 1. The van der Waals surface area contributed by atoms with E-state index in [1.54, 1.807) is 0 Å². The third kappa shape index (κ3) is 3.33. The van der Waals surface area contributed by atoms with Crippen molar-refractivity contribution in [3.05, 3.63) is 41.7 Å². The number of aryl methyl sites for hydroxylation is 1. The number of fused-ring (bicyclic) bond motifs is 1. The Kier molecular flexibility index (Phi) is 4.35. The molecule has 1 aliphatic heterocycles. The molecule has 1 saturated heterocycles. The predicted molar refractivity (Wildman–Crippen MR) is 96.3 cm³/mol. The molecule has 6 nitrogen and oxygen atoms in total. The first kappa shape index (κ1) is 16.7. The van der Waals surface area contributed by atoms with Crippen LogP contribution in [0.1, 0.15) is 36.9 Å². The monoisotopic (exact) mass is 377 g/mol. The van der Waals surface area contributed by atoms with Gasteiger partial charge in [0.2, 0.25) is 14.2 Å². The summed E-state index contributed by atoms with van der Waals surface area (Å²) in [5.41, 5.74) is 2.16. The van der Waals surface area contributed by atoms with E-state index in [0.29, 0.717) is 11.2 Å². The molecule has 25 heavy (non-hydrogen) atoms. The average Bonchev–Trinajstić information content (AvgIpc) is 3.19. The largest absolute Gasteiger partial charge is 0.357 e. The fourth-order valence-corrected chi connectivity index (χ4v) is 5.61. The standard InChI is InChI=1S/C17H19N3O3S2/c1-12-10-13(19-20(12)16-8-4-5-9-23-16)11-25(21,22)17-18-14-6-2-3-7-15(14)24-17/h2-3,6-7,10,16H,4-5,8-9,11H2,1H3. The van der Waals surface area contributed by atoms with Gasteiger partial charge in [-0.1, -0.05) is 12.1 Å². The van der Waals surface area contributed by atoms with Crippen molar-refractivity contribution in [1.29, 1.82) is 0 Å². The summed E-state index contributed by atoms with van der Waals surface area (Å²) in [6.07, 6.45) is 2.98. The zero-order valence-electron chi connectivity index (χ0n) is 13.9. The number of para-hydroxylation sites is 1. The lowest BCUT2D eigenvalue weighted by Gasteiger charge is -2.23. The summed E-state index contributed by atoms with van der Waals surface area (Å²) in [5, 5.41) is 4.49. The van der Waals surface area contributed by atoms with Crippen LogP contribution >= 0.6 is 11.3 Å². The Hall–Kier alpha value is -1.77. The van der Waals surface area contributed by atoms with E-state index in [9.17, 15) is 8.42 Å². The molecule has 4 rings (SSSR count). The van der Waals surface area contributed by atoms with E-state index in [1.807, 2.05) is 41.9 Å². The maximum atomic E-state index is 12.7. The van der Waals surface area contributed by atoms with Crippen LogP contribution in [-0.4, -0.2) is 29.8 Å². The summed E-state index contributed by atoms with van der Waals surface area (Å²) in [5.74, 6) is -0.145. The van der Waals surface area contributed by atoms with Crippen LogP contribution in [-0.2, 0) is 20.3 Å². The second-order valence-corrected chi connectivity index (χ2v) is 9.44. The lowest BCUT2D eigenvalue weighted by atomic mass is 10.2. The van der Waals surface area contributed by atoms with E-state index in [0.717, 1.165) is 36.3 Å². The van der Waals surface area contributed by atoms with Gasteiger partial charge >= 0.3 is 0 Å². The Morgan fingerprint density at radius 2 is 2.16 bits per heavy atom. The Bertz CT molecular complexity index is 968. The first-order valence-electron chi connectivity index (χ1n) is 8.28. The van der Waals surface area contributed by atoms with Crippen LogP contribution in [0.25, 0.3) is 10.2 Å². The molecule has 3 heterocycles. The van der Waals surface area contributed by atoms with Gasteiger partial charge in [-0.05, 0) is 44.4 Å². The zero-order chi connectivity index (χ0) is 17.4. The quantitative estimate of drug-likeness (QED) is 0.696. The molecule has 1 unspecified atom stereocenters. The van der Waals surface area contributed by atoms with E-state index < -0.39 is 9.84 Å². The molecule has 1 aliphatic rings. The molecule has 1 aromatic carbocycles. The third-order valence-corrected chi connectivity index (χ3v) is 7.42. The second-order valence-electron chi connectivity index (χ2n) is 6.25. The van der Waals surface area contributed by atoms with E-state index >= 15 is 0 Å². The number of ether oxygens (including phenoxy) is 1. The molecular weight excluding hydrogens is 358 g/mol. The minimum atomic E-state index is -3.52. The van der Waals surface area contributed by atoms with E-state index in [4.69, 9.17) is 4.74 Å². The minimum Gasteiger partial charge on any atom is -0.357 e. The van der Waals surface area contributed by atoms with Crippen LogP contribution in [0.5, 0.6) is 0 Å². The Morgan fingerprint density at radius 3 is 2.92 bits per heavy atom. The van der Waals surface area contributed by atoms with Crippen molar-refractivity contribution in [2.75, 3.05) is 6.61 Å². The first-order valence-corrected chi connectivity index (χ1v) is 10.7. The van der Waals surface area contributed by atoms with Crippen LogP contribution < -0.4 is 0 Å². The maximum Gasteiger partial charge on any atom is 0.211 e. The van der Waals surface area contributed by atoms with Crippen LogP contribution in [0.3, 0.4) is 0 Å². The highest BCUT2D eigenvalue weighted by molar-refractivity contribution is 7.92. The van der Waals surface area contributed by atoms with Gasteiger partial charge in [-0.15, -0.1) is 11.3 Å². The molecule has 0 N–H and O–H groups in total. The number of benzene rings is 1. The van der Waals surface area contributed by atoms with E-state index in [2.05, 4.69) is 10.1 Å². The van der Waals surface area contributed by atoms with Crippen molar-refractivity contribution in [2.45, 2.75) is 42.5 Å². The molecule has 0 aliphatic carbocycles. The van der Waals surface area contributed by atoms with Gasteiger partial charge in [-0.25, -0.2) is 18.1 Å². The molecule has 0 amide bonds. The normalized spacial score (nSPS) is 18.7. The number of hydrogen-bond donors (Lipinski definition) is 0. The van der Waals surface area contributed by atoms with Crippen LogP contribution in [0.4, 0.5) is 0 Å². The number of thiazole rings is 1. The molecule has 2 aromatic heterocycles. The lowest BCUT2D eigenvalue weighted by molar-refractivity contribution is -0.0408. The van der Waals surface area contributed by atoms with Crippen LogP contribution in [0.15, 0.2) is 34.7 Å². The highest BCUT2D eigenvalue weighted by Gasteiger charge is 2.24. The van der Waals surface area contributed by atoms with Gasteiger partial charge in [0.25, 0.3) is 0 Å². The summed E-state index contributed by atoms with van der Waals surface area (Å²) < 4.78 is 34.1. The molecule has 3 aromatic rings. The lowest BCUT2D eigenvalue weighted by Crippen LogP contribution is -2.20. The SMILES string of the molecule is Cc1cc(CS(=O)(=O)c2nc3ccccc3s2)nn1C1CCCCO1. The first-order chi connectivity index (χ1) is 12.0. The van der Waals surface area contributed by atoms with Gasteiger partial charge in [0.15, 0.2) is 0 Å². The maximum absolute atomic E-state index is 12.7. The zero-order valence-corrected chi connectivity index (χ0v) is 15.5. The van der Waals surface area contributed by atoms with Crippen LogP contribution in [0, 0.1) is 6.92 Å². The molecule has 0 bridgehead atoms. The van der Waals surface area contributed by atoms with Crippen molar-refractivity contribution >= 4 is 31.4 Å².